The highest BCUT2D eigenvalue weighted by Gasteiger charge is 2.49. The first-order valence-corrected chi connectivity index (χ1v) is 7.33. The Morgan fingerprint density at radius 2 is 2.10 bits per heavy atom. The summed E-state index contributed by atoms with van der Waals surface area (Å²) in [5.41, 5.74) is 2.15. The summed E-state index contributed by atoms with van der Waals surface area (Å²) in [4.78, 5) is 12.6. The number of carbonyl (C=O) groups excluding carboxylic acids is 1. The minimum absolute atomic E-state index is 0.0301. The van der Waals surface area contributed by atoms with E-state index in [2.05, 4.69) is 15.9 Å². The predicted octanol–water partition coefficient (Wildman–Crippen LogP) is 3.64. The Morgan fingerprint density at radius 1 is 1.35 bits per heavy atom. The molecule has 2 atom stereocenters. The number of likely N-dealkylation sites (tertiary alicyclic amines) is 1. The van der Waals surface area contributed by atoms with Crippen molar-refractivity contribution < 1.29 is 18.0 Å². The highest BCUT2D eigenvalue weighted by atomic mass is 79.9. The molecule has 0 saturated carbocycles. The molecule has 3 rings (SSSR count). The summed E-state index contributed by atoms with van der Waals surface area (Å²) in [7, 11) is 0. The van der Waals surface area contributed by atoms with E-state index in [-0.39, 0.29) is 18.5 Å². The van der Waals surface area contributed by atoms with E-state index in [1.54, 1.807) is 0 Å². The third-order valence-corrected chi connectivity index (χ3v) is 4.71. The lowest BCUT2D eigenvalue weighted by Gasteiger charge is -2.38. The van der Waals surface area contributed by atoms with Gasteiger partial charge < -0.3 is 4.90 Å². The van der Waals surface area contributed by atoms with Crippen LogP contribution < -0.4 is 0 Å². The summed E-state index contributed by atoms with van der Waals surface area (Å²) in [6, 6.07) is 5.46. The minimum atomic E-state index is -4.78. The molecule has 20 heavy (non-hydrogen) atoms. The molecule has 1 amide bonds. The quantitative estimate of drug-likeness (QED) is 0.701. The summed E-state index contributed by atoms with van der Waals surface area (Å²) >= 11 is 3.40. The van der Waals surface area contributed by atoms with Crippen LogP contribution in [0.15, 0.2) is 22.7 Å². The van der Waals surface area contributed by atoms with Crippen LogP contribution in [0.25, 0.3) is 0 Å². The molecule has 0 aromatic heterocycles. The number of hydrogen-bond acceptors (Lipinski definition) is 1. The Morgan fingerprint density at radius 3 is 2.80 bits per heavy atom. The van der Waals surface area contributed by atoms with Gasteiger partial charge in [-0.05, 0) is 42.5 Å². The first-order valence-electron chi connectivity index (χ1n) is 6.54. The highest BCUT2D eigenvalue weighted by Crippen LogP contribution is 2.43. The lowest BCUT2D eigenvalue weighted by atomic mass is 9.88. The molecule has 0 spiro atoms. The van der Waals surface area contributed by atoms with Crippen LogP contribution >= 0.6 is 15.9 Å². The smallest absolute Gasteiger partial charge is 0.331 e. The minimum Gasteiger partial charge on any atom is -0.331 e. The number of alkyl halides is 3. The molecule has 0 bridgehead atoms. The second-order valence-corrected chi connectivity index (χ2v) is 6.28. The van der Waals surface area contributed by atoms with E-state index in [0.29, 0.717) is 12.8 Å². The number of nitrogens with zero attached hydrogens (tertiary/aromatic N) is 1. The van der Waals surface area contributed by atoms with Crippen LogP contribution in [0, 0.1) is 0 Å². The van der Waals surface area contributed by atoms with E-state index in [9.17, 15) is 18.0 Å². The van der Waals surface area contributed by atoms with E-state index in [1.807, 2.05) is 18.2 Å². The van der Waals surface area contributed by atoms with Gasteiger partial charge in [0.15, 0.2) is 0 Å². The standard InChI is InChI=1S/C14H13BrF3NO/c15-9-4-3-8-6-12-10(11(8)7-9)2-1-5-19(12)13(20)14(16,17)18/h3-4,7,10,12H,1-2,5-6H2/t10-,12+/m1/s1. The third kappa shape index (κ3) is 2.24. The molecule has 0 N–H and O–H groups in total. The van der Waals surface area contributed by atoms with Crippen LogP contribution in [0.3, 0.4) is 0 Å². The van der Waals surface area contributed by atoms with Gasteiger partial charge in [-0.3, -0.25) is 4.79 Å². The maximum absolute atomic E-state index is 12.7. The van der Waals surface area contributed by atoms with Crippen molar-refractivity contribution in [3.63, 3.8) is 0 Å². The lowest BCUT2D eigenvalue weighted by molar-refractivity contribution is -0.189. The number of piperidine rings is 1. The molecule has 1 aliphatic carbocycles. The van der Waals surface area contributed by atoms with Crippen LogP contribution in [0.4, 0.5) is 13.2 Å². The van der Waals surface area contributed by atoms with Crippen LogP contribution in [-0.2, 0) is 11.2 Å². The summed E-state index contributed by atoms with van der Waals surface area (Å²) in [6.07, 6.45) is -2.79. The van der Waals surface area contributed by atoms with Gasteiger partial charge in [-0.1, -0.05) is 22.0 Å². The van der Waals surface area contributed by atoms with Crippen molar-refractivity contribution in [2.75, 3.05) is 6.54 Å². The molecule has 108 valence electrons. The predicted molar refractivity (Wildman–Crippen MR) is 71.4 cm³/mol. The van der Waals surface area contributed by atoms with Gasteiger partial charge in [0, 0.05) is 23.0 Å². The summed E-state index contributed by atoms with van der Waals surface area (Å²) in [5.74, 6) is -1.67. The van der Waals surface area contributed by atoms with Crippen LogP contribution in [0.1, 0.15) is 29.9 Å². The zero-order chi connectivity index (χ0) is 14.5. The molecule has 1 fully saturated rings. The number of halogens is 4. The van der Waals surface area contributed by atoms with Gasteiger partial charge in [0.1, 0.15) is 0 Å². The Hall–Kier alpha value is -1.04. The topological polar surface area (TPSA) is 20.3 Å². The van der Waals surface area contributed by atoms with E-state index in [4.69, 9.17) is 0 Å². The number of rotatable bonds is 0. The SMILES string of the molecule is O=C(N1CCC[C@@H]2c3cc(Br)ccc3C[C@@H]21)C(F)(F)F. The largest absolute Gasteiger partial charge is 0.471 e. The van der Waals surface area contributed by atoms with Crippen LogP contribution in [0.5, 0.6) is 0 Å². The van der Waals surface area contributed by atoms with Crippen molar-refractivity contribution in [2.45, 2.75) is 37.4 Å². The van der Waals surface area contributed by atoms with Gasteiger partial charge >= 0.3 is 12.1 Å². The van der Waals surface area contributed by atoms with E-state index in [1.165, 1.54) is 0 Å². The fraction of sp³-hybridized carbons (Fsp3) is 0.500. The highest BCUT2D eigenvalue weighted by molar-refractivity contribution is 9.10. The Bertz CT molecular complexity index is 558. The molecular weight excluding hydrogens is 335 g/mol. The second kappa shape index (κ2) is 4.76. The summed E-state index contributed by atoms with van der Waals surface area (Å²) < 4.78 is 39.0. The van der Waals surface area contributed by atoms with Gasteiger partial charge in [0.2, 0.25) is 0 Å². The van der Waals surface area contributed by atoms with Gasteiger partial charge in [-0.2, -0.15) is 13.2 Å². The second-order valence-electron chi connectivity index (χ2n) is 5.36. The fourth-order valence-corrected chi connectivity index (χ4v) is 3.79. The van der Waals surface area contributed by atoms with Crippen molar-refractivity contribution >= 4 is 21.8 Å². The van der Waals surface area contributed by atoms with Crippen LogP contribution in [-0.4, -0.2) is 29.6 Å². The molecule has 2 aliphatic rings. The van der Waals surface area contributed by atoms with Crippen molar-refractivity contribution in [1.82, 2.24) is 4.90 Å². The lowest BCUT2D eigenvalue weighted by Crippen LogP contribution is -2.51. The number of amides is 1. The van der Waals surface area contributed by atoms with Gasteiger partial charge in [-0.25, -0.2) is 0 Å². The molecule has 6 heteroatoms. The molecule has 1 aromatic carbocycles. The van der Waals surface area contributed by atoms with Gasteiger partial charge in [0.25, 0.3) is 0 Å². The monoisotopic (exact) mass is 347 g/mol. The molecule has 0 radical (unpaired) electrons. The zero-order valence-corrected chi connectivity index (χ0v) is 12.2. The average Bonchev–Trinajstić information content (AvgIpc) is 2.74. The summed E-state index contributed by atoms with van der Waals surface area (Å²) in [5, 5.41) is 0. The van der Waals surface area contributed by atoms with Crippen molar-refractivity contribution in [2.24, 2.45) is 0 Å². The van der Waals surface area contributed by atoms with Crippen molar-refractivity contribution in [1.29, 1.82) is 0 Å². The van der Waals surface area contributed by atoms with Crippen molar-refractivity contribution in [3.8, 4) is 0 Å². The molecule has 1 heterocycles. The maximum atomic E-state index is 12.7. The molecule has 0 unspecified atom stereocenters. The van der Waals surface area contributed by atoms with E-state index < -0.39 is 12.1 Å². The fourth-order valence-electron chi connectivity index (χ4n) is 3.41. The Balaban J connectivity index is 1.92. The van der Waals surface area contributed by atoms with Gasteiger partial charge in [0.05, 0.1) is 0 Å². The van der Waals surface area contributed by atoms with Gasteiger partial charge in [-0.15, -0.1) is 0 Å². The third-order valence-electron chi connectivity index (χ3n) is 4.22. The first-order chi connectivity index (χ1) is 9.38. The van der Waals surface area contributed by atoms with E-state index >= 15 is 0 Å². The zero-order valence-electron chi connectivity index (χ0n) is 10.6. The number of carbonyl (C=O) groups is 1. The molecule has 1 aliphatic heterocycles. The molecule has 1 aromatic rings. The molecular formula is C14H13BrF3NO. The molecule has 2 nitrogen and oxygen atoms in total. The Kier molecular flexibility index (Phi) is 3.31. The van der Waals surface area contributed by atoms with E-state index in [0.717, 1.165) is 26.9 Å². The number of hydrogen-bond donors (Lipinski definition) is 0. The Labute approximate surface area is 123 Å². The number of benzene rings is 1. The molecule has 1 saturated heterocycles. The first kappa shape index (κ1) is 13.9. The summed E-state index contributed by atoms with van der Waals surface area (Å²) in [6.45, 7) is 0.203. The average molecular weight is 348 g/mol. The maximum Gasteiger partial charge on any atom is 0.471 e. The normalized spacial score (nSPS) is 25.3. The number of fused-ring (bicyclic) bond motifs is 3. The van der Waals surface area contributed by atoms with Crippen LogP contribution in [0.2, 0.25) is 0 Å². The van der Waals surface area contributed by atoms with Crippen molar-refractivity contribution in [3.05, 3.63) is 33.8 Å².